The Kier molecular flexibility index (Phi) is 6.44. The summed E-state index contributed by atoms with van der Waals surface area (Å²) in [5.41, 5.74) is 2.25. The highest BCUT2D eigenvalue weighted by molar-refractivity contribution is 6.36. The third-order valence-electron chi connectivity index (χ3n) is 6.50. The lowest BCUT2D eigenvalue weighted by Crippen LogP contribution is -2.41. The molecule has 0 unspecified atom stereocenters. The van der Waals surface area contributed by atoms with Crippen LogP contribution in [0.5, 0.6) is 0 Å². The summed E-state index contributed by atoms with van der Waals surface area (Å²) in [6.07, 6.45) is 0.0353. The number of anilines is 1. The van der Waals surface area contributed by atoms with Gasteiger partial charge in [-0.2, -0.15) is 18.3 Å². The minimum Gasteiger partial charge on any atom is -0.320 e. The fourth-order valence-corrected chi connectivity index (χ4v) is 4.91. The predicted molar refractivity (Wildman–Crippen MR) is 131 cm³/mol. The number of likely N-dealkylation sites (tertiary alicyclic amines) is 1. The summed E-state index contributed by atoms with van der Waals surface area (Å²) in [5.74, 6) is 0.616. The van der Waals surface area contributed by atoms with E-state index in [1.165, 1.54) is 31.4 Å². The zero-order chi connectivity index (χ0) is 23.7. The first-order chi connectivity index (χ1) is 16.4. The maximum Gasteiger partial charge on any atom is 0.416 e. The highest BCUT2D eigenvalue weighted by Crippen LogP contribution is 2.36. The Morgan fingerprint density at radius 1 is 0.941 bits per heavy atom. The highest BCUT2D eigenvalue weighted by atomic mass is 35.5. The van der Waals surface area contributed by atoms with Crippen LogP contribution in [0.25, 0.3) is 0 Å². The summed E-state index contributed by atoms with van der Waals surface area (Å²) in [4.78, 5) is 9.05. The number of benzene rings is 2. The molecule has 2 aromatic carbocycles. The summed E-state index contributed by atoms with van der Waals surface area (Å²) < 4.78 is 40.8. The quantitative estimate of drug-likeness (QED) is 0.558. The molecule has 3 heterocycles. The van der Waals surface area contributed by atoms with Crippen molar-refractivity contribution in [3.05, 3.63) is 64.2 Å². The summed E-state index contributed by atoms with van der Waals surface area (Å²) >= 11 is 6.42. The van der Waals surface area contributed by atoms with Crippen molar-refractivity contribution in [1.82, 2.24) is 4.90 Å². The van der Waals surface area contributed by atoms with Crippen LogP contribution in [0.2, 0.25) is 5.02 Å². The Labute approximate surface area is 201 Å². The maximum absolute atomic E-state index is 13.6. The average Bonchev–Trinajstić information content (AvgIpc) is 2.99. The molecule has 3 aliphatic heterocycles. The number of rotatable bonds is 4. The molecule has 1 fully saturated rings. The SMILES string of the molecule is FC(F)(F)c1ccc2c(c1)C(c1ccccc1Cl)=NCC1=NN=C(CCN3CCCCC3)CN12. The highest BCUT2D eigenvalue weighted by Gasteiger charge is 2.34. The Balaban J connectivity index is 1.50. The van der Waals surface area contributed by atoms with E-state index in [-0.39, 0.29) is 6.54 Å². The minimum atomic E-state index is -4.47. The zero-order valence-electron chi connectivity index (χ0n) is 18.7. The molecule has 9 heteroatoms. The second-order valence-corrected chi connectivity index (χ2v) is 9.20. The van der Waals surface area contributed by atoms with E-state index >= 15 is 0 Å². The van der Waals surface area contributed by atoms with Crippen molar-refractivity contribution in [3.63, 3.8) is 0 Å². The molecule has 0 aromatic heterocycles. The van der Waals surface area contributed by atoms with Gasteiger partial charge in [-0.05, 0) is 50.2 Å². The Bertz CT molecular complexity index is 1170. The second-order valence-electron chi connectivity index (χ2n) is 8.80. The van der Waals surface area contributed by atoms with Gasteiger partial charge in [0.2, 0.25) is 0 Å². The molecule has 0 N–H and O–H groups in total. The number of fused-ring (bicyclic) bond motifs is 3. The predicted octanol–water partition coefficient (Wildman–Crippen LogP) is 5.66. The van der Waals surface area contributed by atoms with Crippen molar-refractivity contribution in [3.8, 4) is 0 Å². The van der Waals surface area contributed by atoms with Gasteiger partial charge in [0.15, 0.2) is 5.84 Å². The molecule has 0 saturated carbocycles. The molecule has 1 saturated heterocycles. The molecule has 0 spiro atoms. The van der Waals surface area contributed by atoms with E-state index in [2.05, 4.69) is 20.1 Å². The van der Waals surface area contributed by atoms with Crippen LogP contribution in [0.3, 0.4) is 0 Å². The molecule has 3 aliphatic rings. The summed E-state index contributed by atoms with van der Waals surface area (Å²) in [6.45, 7) is 3.81. The third kappa shape index (κ3) is 4.74. The Morgan fingerprint density at radius 3 is 2.50 bits per heavy atom. The molecule has 34 heavy (non-hydrogen) atoms. The first-order valence-electron chi connectivity index (χ1n) is 11.5. The van der Waals surface area contributed by atoms with Crippen LogP contribution in [0.4, 0.5) is 18.9 Å². The van der Waals surface area contributed by atoms with E-state index in [1.54, 1.807) is 24.3 Å². The van der Waals surface area contributed by atoms with Gasteiger partial charge in [-0.25, -0.2) is 0 Å². The van der Waals surface area contributed by atoms with Crippen LogP contribution in [-0.2, 0) is 6.18 Å². The number of nitrogens with zero attached hydrogens (tertiary/aromatic N) is 5. The van der Waals surface area contributed by atoms with Gasteiger partial charge in [0, 0.05) is 29.1 Å². The number of hydrogen-bond acceptors (Lipinski definition) is 5. The molecule has 178 valence electrons. The average molecular weight is 488 g/mol. The fourth-order valence-electron chi connectivity index (χ4n) is 4.68. The second kappa shape index (κ2) is 9.50. The monoisotopic (exact) mass is 487 g/mol. The lowest BCUT2D eigenvalue weighted by molar-refractivity contribution is -0.137. The van der Waals surface area contributed by atoms with E-state index in [4.69, 9.17) is 11.6 Å². The van der Waals surface area contributed by atoms with E-state index in [0.717, 1.165) is 37.8 Å². The van der Waals surface area contributed by atoms with Crippen LogP contribution in [0, 0.1) is 0 Å². The number of amidine groups is 1. The normalized spacial score (nSPS) is 18.9. The summed E-state index contributed by atoms with van der Waals surface area (Å²) in [5, 5.41) is 9.31. The van der Waals surface area contributed by atoms with E-state index in [0.29, 0.717) is 39.9 Å². The number of alkyl halides is 3. The fraction of sp³-hybridized carbons (Fsp3) is 0.400. The van der Waals surface area contributed by atoms with Crippen molar-refractivity contribution in [2.45, 2.75) is 31.9 Å². The maximum atomic E-state index is 13.6. The first kappa shape index (κ1) is 23.1. The zero-order valence-corrected chi connectivity index (χ0v) is 19.4. The molecule has 0 aliphatic carbocycles. The summed E-state index contributed by atoms with van der Waals surface area (Å²) in [6, 6.07) is 10.9. The van der Waals surface area contributed by atoms with Gasteiger partial charge in [-0.15, -0.1) is 5.10 Å². The van der Waals surface area contributed by atoms with Crippen molar-refractivity contribution >= 4 is 34.5 Å². The third-order valence-corrected chi connectivity index (χ3v) is 6.83. The molecular weight excluding hydrogens is 463 g/mol. The summed E-state index contributed by atoms with van der Waals surface area (Å²) in [7, 11) is 0. The van der Waals surface area contributed by atoms with E-state index in [9.17, 15) is 13.2 Å². The van der Waals surface area contributed by atoms with Crippen molar-refractivity contribution in [1.29, 1.82) is 0 Å². The first-order valence-corrected chi connectivity index (χ1v) is 11.9. The van der Waals surface area contributed by atoms with Gasteiger partial charge < -0.3 is 9.80 Å². The molecule has 5 nitrogen and oxygen atoms in total. The van der Waals surface area contributed by atoms with Crippen LogP contribution >= 0.6 is 11.6 Å². The van der Waals surface area contributed by atoms with E-state index in [1.807, 2.05) is 4.90 Å². The standard InChI is InChI=1S/C25H25ClF3N5/c26-21-7-3-2-6-19(21)24-20-14-17(25(27,28)29)8-9-22(20)34-16-18(31-32-23(34)15-30-24)10-13-33-11-4-1-5-12-33/h2-3,6-9,14H,1,4-5,10-13,15-16H2. The van der Waals surface area contributed by atoms with Crippen molar-refractivity contribution in [2.75, 3.05) is 37.6 Å². The molecular formula is C25H25ClF3N5. The van der Waals surface area contributed by atoms with Crippen LogP contribution in [0.15, 0.2) is 57.7 Å². The topological polar surface area (TPSA) is 43.6 Å². The number of aliphatic imine (C=N–C) groups is 1. The van der Waals surface area contributed by atoms with Gasteiger partial charge in [0.05, 0.1) is 35.8 Å². The number of halogens is 4. The van der Waals surface area contributed by atoms with Crippen molar-refractivity contribution < 1.29 is 13.2 Å². The molecule has 0 radical (unpaired) electrons. The molecule has 0 amide bonds. The Hall–Kier alpha value is -2.71. The lowest BCUT2D eigenvalue weighted by atomic mass is 9.97. The number of hydrogen-bond donors (Lipinski definition) is 0. The van der Waals surface area contributed by atoms with E-state index < -0.39 is 11.7 Å². The van der Waals surface area contributed by atoms with Crippen LogP contribution in [-0.4, -0.2) is 54.9 Å². The molecule has 5 rings (SSSR count). The molecule has 2 aromatic rings. The Morgan fingerprint density at radius 2 is 1.74 bits per heavy atom. The molecule has 0 atom stereocenters. The van der Waals surface area contributed by atoms with Gasteiger partial charge in [0.1, 0.15) is 0 Å². The van der Waals surface area contributed by atoms with Gasteiger partial charge in [0.25, 0.3) is 0 Å². The van der Waals surface area contributed by atoms with Crippen LogP contribution < -0.4 is 4.90 Å². The van der Waals surface area contributed by atoms with Gasteiger partial charge >= 0.3 is 6.18 Å². The largest absolute Gasteiger partial charge is 0.416 e. The smallest absolute Gasteiger partial charge is 0.320 e. The lowest BCUT2D eigenvalue weighted by Gasteiger charge is -2.30. The minimum absolute atomic E-state index is 0.208. The molecule has 0 bridgehead atoms. The van der Waals surface area contributed by atoms with Gasteiger partial charge in [-0.3, -0.25) is 4.99 Å². The van der Waals surface area contributed by atoms with Crippen molar-refractivity contribution in [2.24, 2.45) is 15.2 Å². The number of piperidine rings is 1. The van der Waals surface area contributed by atoms with Gasteiger partial charge in [-0.1, -0.05) is 36.2 Å². The van der Waals surface area contributed by atoms with Crippen LogP contribution in [0.1, 0.15) is 42.4 Å².